The summed E-state index contributed by atoms with van der Waals surface area (Å²) >= 11 is 3.42. The van der Waals surface area contributed by atoms with Gasteiger partial charge in [0.2, 0.25) is 0 Å². The summed E-state index contributed by atoms with van der Waals surface area (Å²) in [5.41, 5.74) is 9.50. The predicted octanol–water partition coefficient (Wildman–Crippen LogP) is 1.33. The van der Waals surface area contributed by atoms with E-state index >= 15 is 0 Å². The minimum atomic E-state index is 0.198. The van der Waals surface area contributed by atoms with E-state index in [1.807, 2.05) is 18.2 Å². The van der Waals surface area contributed by atoms with Crippen molar-refractivity contribution in [1.82, 2.24) is 20.3 Å². The Morgan fingerprint density at radius 3 is 3.05 bits per heavy atom. The molecule has 0 unspecified atom stereocenters. The summed E-state index contributed by atoms with van der Waals surface area (Å²) in [5.74, 6) is 0.964. The summed E-state index contributed by atoms with van der Waals surface area (Å²) in [6.45, 7) is 4.54. The molecule has 0 atom stereocenters. The van der Waals surface area contributed by atoms with Crippen LogP contribution in [0.1, 0.15) is 5.56 Å². The van der Waals surface area contributed by atoms with Gasteiger partial charge in [0.05, 0.1) is 6.54 Å². The second kappa shape index (κ2) is 6.19. The van der Waals surface area contributed by atoms with Gasteiger partial charge in [-0.25, -0.2) is 0 Å². The lowest BCUT2D eigenvalue weighted by molar-refractivity contribution is 0.359. The van der Waals surface area contributed by atoms with Crippen LogP contribution in [0, 0.1) is 0 Å². The van der Waals surface area contributed by atoms with Crippen LogP contribution in [-0.2, 0) is 6.54 Å². The van der Waals surface area contributed by atoms with Crippen molar-refractivity contribution in [2.75, 3.05) is 17.8 Å². The number of aromatic nitrogens is 4. The maximum absolute atomic E-state index is 5.57. The first kappa shape index (κ1) is 13.3. The summed E-state index contributed by atoms with van der Waals surface area (Å²) < 4.78 is 6.53. The minimum absolute atomic E-state index is 0.198. The van der Waals surface area contributed by atoms with Crippen molar-refractivity contribution in [3.8, 4) is 5.75 Å². The highest BCUT2D eigenvalue weighted by Gasteiger charge is 2.06. The third-order valence-electron chi connectivity index (χ3n) is 2.29. The number of anilines is 1. The number of nitrogens with zero attached hydrogens (tertiary/aromatic N) is 4. The van der Waals surface area contributed by atoms with Crippen LogP contribution in [0.4, 0.5) is 5.95 Å². The van der Waals surface area contributed by atoms with E-state index in [1.54, 1.807) is 6.08 Å². The standard InChI is InChI=1S/C11H13BrN6O/c1-2-5-19-10-4-3-9(12)6-8(10)7-14-18-11(13)15-16-17-18/h2-4,6,14H,1,5,7H2,(H2,13,15,17). The molecule has 1 aromatic heterocycles. The van der Waals surface area contributed by atoms with Crippen molar-refractivity contribution < 1.29 is 4.74 Å². The molecule has 0 fully saturated rings. The lowest BCUT2D eigenvalue weighted by Gasteiger charge is -2.12. The average molecular weight is 325 g/mol. The molecule has 0 radical (unpaired) electrons. The van der Waals surface area contributed by atoms with Gasteiger partial charge in [0.1, 0.15) is 12.4 Å². The van der Waals surface area contributed by atoms with Crippen LogP contribution in [0.2, 0.25) is 0 Å². The Balaban J connectivity index is 2.11. The Morgan fingerprint density at radius 1 is 1.53 bits per heavy atom. The first-order valence-electron chi connectivity index (χ1n) is 5.50. The quantitative estimate of drug-likeness (QED) is 0.779. The van der Waals surface area contributed by atoms with Crippen molar-refractivity contribution in [3.05, 3.63) is 40.9 Å². The lowest BCUT2D eigenvalue weighted by Crippen LogP contribution is -2.18. The van der Waals surface area contributed by atoms with Gasteiger partial charge in [-0.2, -0.15) is 0 Å². The number of ether oxygens (including phenoxy) is 1. The summed E-state index contributed by atoms with van der Waals surface area (Å²) in [6.07, 6.45) is 1.69. The van der Waals surface area contributed by atoms with Gasteiger partial charge in [-0.3, -0.25) is 0 Å². The van der Waals surface area contributed by atoms with Gasteiger partial charge in [-0.15, -0.1) is 4.79 Å². The fourth-order valence-electron chi connectivity index (χ4n) is 1.44. The summed E-state index contributed by atoms with van der Waals surface area (Å²) in [5, 5.41) is 10.7. The molecule has 1 heterocycles. The maximum atomic E-state index is 5.57. The Bertz CT molecular complexity index is 570. The fraction of sp³-hybridized carbons (Fsp3) is 0.182. The van der Waals surface area contributed by atoms with E-state index in [2.05, 4.69) is 43.5 Å². The highest BCUT2D eigenvalue weighted by molar-refractivity contribution is 9.10. The van der Waals surface area contributed by atoms with Gasteiger partial charge >= 0.3 is 0 Å². The first-order chi connectivity index (χ1) is 9.20. The molecule has 2 rings (SSSR count). The van der Waals surface area contributed by atoms with E-state index in [-0.39, 0.29) is 5.95 Å². The number of hydrogen-bond acceptors (Lipinski definition) is 6. The second-order valence-corrected chi connectivity index (χ2v) is 4.55. The van der Waals surface area contributed by atoms with Gasteiger partial charge in [0, 0.05) is 10.0 Å². The number of benzene rings is 1. The molecule has 100 valence electrons. The van der Waals surface area contributed by atoms with E-state index in [0.29, 0.717) is 13.2 Å². The van der Waals surface area contributed by atoms with E-state index in [1.165, 1.54) is 4.79 Å². The Morgan fingerprint density at radius 2 is 2.37 bits per heavy atom. The predicted molar refractivity (Wildman–Crippen MR) is 75.1 cm³/mol. The van der Waals surface area contributed by atoms with Crippen LogP contribution in [0.25, 0.3) is 0 Å². The smallest absolute Gasteiger partial charge is 0.260 e. The van der Waals surface area contributed by atoms with E-state index < -0.39 is 0 Å². The molecule has 0 bridgehead atoms. The number of hydrogen-bond donors (Lipinski definition) is 2. The molecule has 0 aliphatic rings. The van der Waals surface area contributed by atoms with E-state index in [0.717, 1.165) is 15.8 Å². The molecule has 0 aliphatic heterocycles. The number of tetrazole rings is 1. The second-order valence-electron chi connectivity index (χ2n) is 3.64. The molecule has 0 saturated heterocycles. The molecular weight excluding hydrogens is 312 g/mol. The minimum Gasteiger partial charge on any atom is -0.489 e. The molecule has 19 heavy (non-hydrogen) atoms. The third-order valence-corrected chi connectivity index (χ3v) is 2.79. The lowest BCUT2D eigenvalue weighted by atomic mass is 10.2. The number of halogens is 1. The molecule has 1 aromatic carbocycles. The Hall–Kier alpha value is -2.09. The zero-order valence-corrected chi connectivity index (χ0v) is 11.7. The van der Waals surface area contributed by atoms with E-state index in [4.69, 9.17) is 10.5 Å². The van der Waals surface area contributed by atoms with Crippen molar-refractivity contribution >= 4 is 21.9 Å². The molecule has 7 nitrogen and oxygen atoms in total. The highest BCUT2D eigenvalue weighted by atomic mass is 79.9. The van der Waals surface area contributed by atoms with Gasteiger partial charge < -0.3 is 15.9 Å². The molecule has 0 aliphatic carbocycles. The van der Waals surface area contributed by atoms with Crippen molar-refractivity contribution in [2.45, 2.75) is 6.54 Å². The van der Waals surface area contributed by atoms with Gasteiger partial charge in [-0.05, 0) is 28.6 Å². The van der Waals surface area contributed by atoms with Crippen LogP contribution in [-0.4, -0.2) is 26.9 Å². The van der Waals surface area contributed by atoms with Crippen LogP contribution >= 0.6 is 15.9 Å². The zero-order chi connectivity index (χ0) is 13.7. The van der Waals surface area contributed by atoms with Crippen LogP contribution < -0.4 is 15.9 Å². The Kier molecular flexibility index (Phi) is 4.35. The monoisotopic (exact) mass is 324 g/mol. The average Bonchev–Trinajstić information content (AvgIpc) is 2.81. The van der Waals surface area contributed by atoms with Crippen LogP contribution in [0.3, 0.4) is 0 Å². The summed E-state index contributed by atoms with van der Waals surface area (Å²) in [4.78, 5) is 1.30. The number of nitrogens with one attached hydrogen (secondary N) is 1. The van der Waals surface area contributed by atoms with Gasteiger partial charge in [0.25, 0.3) is 5.95 Å². The largest absolute Gasteiger partial charge is 0.489 e. The third kappa shape index (κ3) is 3.44. The zero-order valence-electron chi connectivity index (χ0n) is 10.1. The van der Waals surface area contributed by atoms with Crippen LogP contribution in [0.15, 0.2) is 35.3 Å². The van der Waals surface area contributed by atoms with E-state index in [9.17, 15) is 0 Å². The number of rotatable bonds is 6. The SMILES string of the molecule is C=CCOc1ccc(Br)cc1CNn1nnnc1N. The first-order valence-corrected chi connectivity index (χ1v) is 6.30. The molecular formula is C11H13BrN6O. The summed E-state index contributed by atoms with van der Waals surface area (Å²) in [6, 6.07) is 5.74. The molecule has 0 saturated carbocycles. The molecule has 0 spiro atoms. The highest BCUT2D eigenvalue weighted by Crippen LogP contribution is 2.23. The number of nitrogens with two attached hydrogens (primary N) is 1. The molecule has 3 N–H and O–H groups in total. The van der Waals surface area contributed by atoms with Crippen molar-refractivity contribution in [2.24, 2.45) is 0 Å². The van der Waals surface area contributed by atoms with Gasteiger partial charge in [-0.1, -0.05) is 33.7 Å². The van der Waals surface area contributed by atoms with Crippen LogP contribution in [0.5, 0.6) is 5.75 Å². The normalized spacial score (nSPS) is 10.2. The molecule has 0 amide bonds. The van der Waals surface area contributed by atoms with Crippen molar-refractivity contribution in [1.29, 1.82) is 0 Å². The topological polar surface area (TPSA) is 90.9 Å². The van der Waals surface area contributed by atoms with Crippen molar-refractivity contribution in [3.63, 3.8) is 0 Å². The maximum Gasteiger partial charge on any atom is 0.260 e. The summed E-state index contributed by atoms with van der Waals surface area (Å²) in [7, 11) is 0. The Labute approximate surface area is 118 Å². The fourth-order valence-corrected chi connectivity index (χ4v) is 1.85. The molecule has 8 heteroatoms. The molecule has 2 aromatic rings. The number of nitrogen functional groups attached to an aromatic ring is 1. The van der Waals surface area contributed by atoms with Gasteiger partial charge in [0.15, 0.2) is 0 Å².